The van der Waals surface area contributed by atoms with Gasteiger partial charge in [0.05, 0.1) is 0 Å². The van der Waals surface area contributed by atoms with Gasteiger partial charge in [0.1, 0.15) is 0 Å². The zero-order chi connectivity index (χ0) is 19.6. The van der Waals surface area contributed by atoms with E-state index in [0.29, 0.717) is 0 Å². The number of rotatable bonds is 2. The molecule has 6 heteroatoms. The minimum absolute atomic E-state index is 0.00493. The van der Waals surface area contributed by atoms with Crippen molar-refractivity contribution < 1.29 is 18.0 Å². The average Bonchev–Trinajstić information content (AvgIpc) is 2.49. The topological polar surface area (TPSA) is 29.1 Å². The lowest BCUT2D eigenvalue weighted by molar-refractivity contribution is -0.167. The highest BCUT2D eigenvalue weighted by Gasteiger charge is 2.52. The molecule has 2 nitrogen and oxygen atoms in total. The molecule has 0 heterocycles. The van der Waals surface area contributed by atoms with Crippen LogP contribution in [0.15, 0.2) is 18.2 Å². The number of alkyl halides is 3. The van der Waals surface area contributed by atoms with E-state index >= 15 is 0 Å². The number of amides is 1. The maximum absolute atomic E-state index is 13.1. The number of terminal acetylenes is 1. The van der Waals surface area contributed by atoms with E-state index in [9.17, 15) is 18.0 Å². The fourth-order valence-corrected chi connectivity index (χ4v) is 1.71. The summed E-state index contributed by atoms with van der Waals surface area (Å²) in [5.74, 6) is 1.25. The van der Waals surface area contributed by atoms with Gasteiger partial charge in [-0.15, -0.1) is 6.42 Å². The molecule has 0 spiro atoms. The molecule has 1 rings (SSSR count). The summed E-state index contributed by atoms with van der Waals surface area (Å²) >= 11 is 5.72. The Hall–Kier alpha value is -1.67. The second-order valence-electron chi connectivity index (χ2n) is 4.85. The van der Waals surface area contributed by atoms with E-state index in [4.69, 9.17) is 18.0 Å². The predicted molar refractivity (Wildman–Crippen MR) is 95.3 cm³/mol. The second kappa shape index (κ2) is 11.0. The highest BCUT2D eigenvalue weighted by atomic mass is 35.5. The normalized spacial score (nSPS) is 12.4. The number of hydrogen-bond acceptors (Lipinski definition) is 1. The zero-order valence-corrected chi connectivity index (χ0v) is 15.7. The molecule has 24 heavy (non-hydrogen) atoms. The van der Waals surface area contributed by atoms with Crippen LogP contribution in [0.5, 0.6) is 0 Å². The van der Waals surface area contributed by atoms with Crippen molar-refractivity contribution in [3.05, 3.63) is 28.8 Å². The number of anilines is 1. The largest absolute Gasteiger partial charge is 0.408 e. The van der Waals surface area contributed by atoms with Crippen LogP contribution >= 0.6 is 11.6 Å². The minimum Gasteiger partial charge on any atom is -0.326 e. The molecule has 0 saturated heterocycles. The summed E-state index contributed by atoms with van der Waals surface area (Å²) in [6.07, 6.45) is 1.63. The molecular weight excluding hydrogens is 339 g/mol. The van der Waals surface area contributed by atoms with E-state index in [1.54, 1.807) is 5.92 Å². The lowest BCUT2D eigenvalue weighted by Crippen LogP contribution is -2.38. The van der Waals surface area contributed by atoms with Crippen molar-refractivity contribution >= 4 is 23.2 Å². The maximum Gasteiger partial charge on any atom is 0.408 e. The van der Waals surface area contributed by atoms with Crippen LogP contribution < -0.4 is 5.32 Å². The molecule has 0 aliphatic heterocycles. The molecule has 0 fully saturated rings. The van der Waals surface area contributed by atoms with Crippen molar-refractivity contribution in [2.75, 3.05) is 5.32 Å². The van der Waals surface area contributed by atoms with Gasteiger partial charge in [-0.1, -0.05) is 51.6 Å². The first-order valence-corrected chi connectivity index (χ1v) is 8.03. The van der Waals surface area contributed by atoms with Gasteiger partial charge in [0, 0.05) is 23.2 Å². The van der Waals surface area contributed by atoms with Crippen LogP contribution in [0.3, 0.4) is 0 Å². The average molecular weight is 364 g/mol. The molecule has 0 saturated carbocycles. The fraction of sp³-hybridized carbons (Fsp3) is 0.500. The van der Waals surface area contributed by atoms with Crippen LogP contribution in [0.2, 0.25) is 5.02 Å². The van der Waals surface area contributed by atoms with E-state index in [-0.39, 0.29) is 16.3 Å². The smallest absolute Gasteiger partial charge is 0.326 e. The summed E-state index contributed by atoms with van der Waals surface area (Å²) in [4.78, 5) is 11.0. The molecule has 1 amide bonds. The van der Waals surface area contributed by atoms with Crippen LogP contribution in [-0.4, -0.2) is 12.1 Å². The predicted octanol–water partition coefficient (Wildman–Crippen LogP) is 6.19. The Labute approximate surface area is 147 Å². The second-order valence-corrected chi connectivity index (χ2v) is 5.28. The van der Waals surface area contributed by atoms with E-state index in [0.717, 1.165) is 13.0 Å². The number of carbonyl (C=O) groups is 1. The summed E-state index contributed by atoms with van der Waals surface area (Å²) < 4.78 is 39.4. The third-order valence-corrected chi connectivity index (χ3v) is 2.92. The van der Waals surface area contributed by atoms with Crippen molar-refractivity contribution in [3.8, 4) is 12.3 Å². The molecule has 0 aliphatic carbocycles. The van der Waals surface area contributed by atoms with Crippen molar-refractivity contribution in [1.29, 1.82) is 0 Å². The number of nitrogens with one attached hydrogen (secondary N) is 1. The SMILES string of the molecule is C#CC(C)(c1cc(Cl)ccc1NC(C)=O)C(F)(F)F.CC.CCC. The van der Waals surface area contributed by atoms with Gasteiger partial charge < -0.3 is 5.32 Å². The first-order valence-electron chi connectivity index (χ1n) is 7.65. The van der Waals surface area contributed by atoms with Gasteiger partial charge in [0.2, 0.25) is 5.91 Å². The van der Waals surface area contributed by atoms with Gasteiger partial charge in [-0.3, -0.25) is 4.79 Å². The Morgan fingerprint density at radius 3 is 2.08 bits per heavy atom. The number of halogens is 4. The standard InChI is InChI=1S/C13H11ClF3NO.C3H8.C2H6/c1-4-12(3,13(15,16)17)10-7-9(14)5-6-11(10)18-8(2)19;1-3-2;1-2/h1,5-7H,2-3H3,(H,18,19);3H2,1-2H3;1-2H3. The molecule has 1 aromatic carbocycles. The summed E-state index contributed by atoms with van der Waals surface area (Å²) in [7, 11) is 0. The van der Waals surface area contributed by atoms with Crippen molar-refractivity contribution in [1.82, 2.24) is 0 Å². The minimum atomic E-state index is -4.67. The van der Waals surface area contributed by atoms with Crippen LogP contribution in [0.25, 0.3) is 0 Å². The Balaban J connectivity index is 0. The zero-order valence-electron chi connectivity index (χ0n) is 14.9. The van der Waals surface area contributed by atoms with Crippen molar-refractivity contribution in [2.45, 2.75) is 59.6 Å². The monoisotopic (exact) mass is 363 g/mol. The van der Waals surface area contributed by atoms with E-state index in [1.807, 2.05) is 13.8 Å². The van der Waals surface area contributed by atoms with E-state index in [2.05, 4.69) is 19.2 Å². The van der Waals surface area contributed by atoms with Crippen molar-refractivity contribution in [2.24, 2.45) is 0 Å². The fourth-order valence-electron chi connectivity index (χ4n) is 1.54. The van der Waals surface area contributed by atoms with Gasteiger partial charge >= 0.3 is 6.18 Å². The van der Waals surface area contributed by atoms with Gasteiger partial charge in [-0.25, -0.2) is 0 Å². The van der Waals surface area contributed by atoms with Gasteiger partial charge in [0.25, 0.3) is 0 Å². The summed E-state index contributed by atoms with van der Waals surface area (Å²) in [5, 5.41) is 2.43. The number of hydrogen-bond donors (Lipinski definition) is 1. The summed E-state index contributed by atoms with van der Waals surface area (Å²) in [6, 6.07) is 3.78. The van der Waals surface area contributed by atoms with E-state index < -0.39 is 17.5 Å². The third-order valence-electron chi connectivity index (χ3n) is 2.69. The molecule has 0 aromatic heterocycles. The first-order chi connectivity index (χ1) is 11.0. The van der Waals surface area contributed by atoms with E-state index in [1.165, 1.54) is 25.5 Å². The molecule has 136 valence electrons. The molecule has 1 unspecified atom stereocenters. The maximum atomic E-state index is 13.1. The first kappa shape index (κ1) is 24.6. The van der Waals surface area contributed by atoms with Crippen LogP contribution in [-0.2, 0) is 10.2 Å². The molecule has 0 aliphatic rings. The van der Waals surface area contributed by atoms with Gasteiger partial charge in [0.15, 0.2) is 5.41 Å². The van der Waals surface area contributed by atoms with Crippen LogP contribution in [0.4, 0.5) is 18.9 Å². The molecule has 1 atom stereocenters. The highest BCUT2D eigenvalue weighted by molar-refractivity contribution is 6.30. The van der Waals surface area contributed by atoms with Crippen molar-refractivity contribution in [3.63, 3.8) is 0 Å². The highest BCUT2D eigenvalue weighted by Crippen LogP contribution is 2.44. The van der Waals surface area contributed by atoms with Gasteiger partial charge in [-0.05, 0) is 25.1 Å². The Bertz CT molecular complexity index is 564. The summed E-state index contributed by atoms with van der Waals surface area (Å²) in [6.45, 7) is 10.3. The molecule has 0 radical (unpaired) electrons. The quantitative estimate of drug-likeness (QED) is 0.623. The lowest BCUT2D eigenvalue weighted by Gasteiger charge is -2.29. The molecule has 1 N–H and O–H groups in total. The molecule has 0 bridgehead atoms. The number of benzene rings is 1. The molecule has 1 aromatic rings. The van der Waals surface area contributed by atoms with Crippen LogP contribution in [0, 0.1) is 12.3 Å². The molecular formula is C18H25ClF3NO. The Kier molecular flexibility index (Phi) is 11.3. The van der Waals surface area contributed by atoms with Gasteiger partial charge in [-0.2, -0.15) is 13.2 Å². The van der Waals surface area contributed by atoms with Crippen LogP contribution in [0.1, 0.15) is 53.5 Å². The Morgan fingerprint density at radius 2 is 1.75 bits per heavy atom. The Morgan fingerprint density at radius 1 is 1.29 bits per heavy atom. The third kappa shape index (κ3) is 6.84. The lowest BCUT2D eigenvalue weighted by atomic mass is 9.81. The number of carbonyl (C=O) groups excluding carboxylic acids is 1. The summed E-state index contributed by atoms with van der Waals surface area (Å²) in [5.41, 5.74) is -2.80.